The highest BCUT2D eigenvalue weighted by molar-refractivity contribution is 7.17. The van der Waals surface area contributed by atoms with Crippen molar-refractivity contribution in [2.45, 2.75) is 19.3 Å². The van der Waals surface area contributed by atoms with Gasteiger partial charge in [0, 0.05) is 44.0 Å². The van der Waals surface area contributed by atoms with Crippen LogP contribution in [0.3, 0.4) is 0 Å². The summed E-state index contributed by atoms with van der Waals surface area (Å²) in [6.45, 7) is 4.34. The lowest BCUT2D eigenvalue weighted by molar-refractivity contribution is 0.767. The zero-order valence-corrected chi connectivity index (χ0v) is 36.4. The van der Waals surface area contributed by atoms with Crippen molar-refractivity contribution in [3.8, 4) is 39.3 Å². The summed E-state index contributed by atoms with van der Waals surface area (Å²) >= 11 is 1.80. The predicted octanol–water partition coefficient (Wildman–Crippen LogP) is 16.0. The van der Waals surface area contributed by atoms with Crippen LogP contribution >= 0.6 is 11.3 Å². The number of imidazole rings is 1. The summed E-state index contributed by atoms with van der Waals surface area (Å²) in [7, 11) is 0. The number of thiophene rings is 1. The molecule has 0 saturated heterocycles. The Morgan fingerprint density at radius 1 is 0.469 bits per heavy atom. The quantitative estimate of drug-likeness (QED) is 0.152. The minimum Gasteiger partial charge on any atom is -0.310 e. The van der Waals surface area contributed by atoms with Gasteiger partial charge < -0.3 is 4.90 Å². The van der Waals surface area contributed by atoms with Gasteiger partial charge in [-0.05, 0) is 137 Å². The third kappa shape index (κ3) is 6.06. The number of nitrogens with zero attached hydrogens (tertiary/aromatic N) is 3. The molecule has 0 amide bonds. The van der Waals surface area contributed by atoms with Crippen molar-refractivity contribution < 1.29 is 0 Å². The zero-order valence-electron chi connectivity index (χ0n) is 35.6. The van der Waals surface area contributed by atoms with E-state index in [9.17, 15) is 0 Å². The molecule has 0 bridgehead atoms. The van der Waals surface area contributed by atoms with Gasteiger partial charge in [-0.25, -0.2) is 4.98 Å². The first-order valence-corrected chi connectivity index (χ1v) is 22.8. The van der Waals surface area contributed by atoms with E-state index in [0.29, 0.717) is 0 Å². The Labute approximate surface area is 377 Å². The Kier molecular flexibility index (Phi) is 9.03. The summed E-state index contributed by atoms with van der Waals surface area (Å²) in [5.74, 6) is 0.911. The standard InChI is InChI=1S/C60H43N3S/c1-40-20-28-44(29-21-40)60(45-30-22-41(2)23-31-45)54-16-8-6-14-50(54)51-37-36-49(38-55(51)60)62(47-32-24-42(25-33-47)53-39-64-58-19-11-7-15-52(53)58)48-34-26-43(27-35-48)59-61-56-17-9-10-18-57(56)63(59)46-12-4-3-5-13-46/h3-39H,1-2H3. The molecule has 3 nitrogen and oxygen atoms in total. The summed E-state index contributed by atoms with van der Waals surface area (Å²) < 4.78 is 3.57. The molecule has 0 fully saturated rings. The van der Waals surface area contributed by atoms with E-state index < -0.39 is 5.41 Å². The molecule has 304 valence electrons. The van der Waals surface area contributed by atoms with Crippen molar-refractivity contribution >= 4 is 49.5 Å². The number of hydrogen-bond acceptors (Lipinski definition) is 3. The Balaban J connectivity index is 1.05. The lowest BCUT2D eigenvalue weighted by Crippen LogP contribution is -2.29. The zero-order chi connectivity index (χ0) is 42.8. The lowest BCUT2D eigenvalue weighted by Gasteiger charge is -2.35. The van der Waals surface area contributed by atoms with Crippen LogP contribution in [0.15, 0.2) is 224 Å². The molecular formula is C60H43N3S. The fraction of sp³-hybridized carbons (Fsp3) is 0.0500. The van der Waals surface area contributed by atoms with E-state index in [1.54, 1.807) is 11.3 Å². The lowest BCUT2D eigenvalue weighted by atomic mass is 9.67. The summed E-state index contributed by atoms with van der Waals surface area (Å²) in [6, 6.07) is 80.1. The van der Waals surface area contributed by atoms with Crippen molar-refractivity contribution in [2.24, 2.45) is 0 Å². The van der Waals surface area contributed by atoms with Gasteiger partial charge in [0.05, 0.1) is 16.4 Å². The average molecular weight is 838 g/mol. The maximum atomic E-state index is 5.20. The number of hydrogen-bond donors (Lipinski definition) is 0. The molecule has 64 heavy (non-hydrogen) atoms. The van der Waals surface area contributed by atoms with Crippen LogP contribution in [0.4, 0.5) is 17.1 Å². The van der Waals surface area contributed by atoms with Crippen LogP contribution in [0.25, 0.3) is 60.4 Å². The molecule has 0 aliphatic heterocycles. The molecule has 0 spiro atoms. The largest absolute Gasteiger partial charge is 0.310 e. The monoisotopic (exact) mass is 837 g/mol. The maximum Gasteiger partial charge on any atom is 0.145 e. The van der Waals surface area contributed by atoms with Crippen molar-refractivity contribution in [3.05, 3.63) is 257 Å². The van der Waals surface area contributed by atoms with E-state index in [1.165, 1.54) is 65.7 Å². The van der Waals surface area contributed by atoms with E-state index >= 15 is 0 Å². The van der Waals surface area contributed by atoms with Gasteiger partial charge in [-0.1, -0.05) is 151 Å². The fourth-order valence-electron chi connectivity index (χ4n) is 10.1. The molecule has 0 saturated carbocycles. The van der Waals surface area contributed by atoms with E-state index in [-0.39, 0.29) is 0 Å². The average Bonchev–Trinajstić information content (AvgIpc) is 4.04. The number of anilines is 3. The molecule has 12 rings (SSSR count). The first kappa shape index (κ1) is 37.9. The third-order valence-electron chi connectivity index (χ3n) is 13.1. The van der Waals surface area contributed by atoms with Gasteiger partial charge in [0.25, 0.3) is 0 Å². The van der Waals surface area contributed by atoms with E-state index in [1.807, 2.05) is 0 Å². The fourth-order valence-corrected chi connectivity index (χ4v) is 11.0. The topological polar surface area (TPSA) is 21.1 Å². The predicted molar refractivity (Wildman–Crippen MR) is 269 cm³/mol. The Bertz CT molecular complexity index is 3440. The highest BCUT2D eigenvalue weighted by Crippen LogP contribution is 2.57. The molecule has 2 heterocycles. The molecular weight excluding hydrogens is 795 g/mol. The van der Waals surface area contributed by atoms with Crippen LogP contribution < -0.4 is 4.90 Å². The summed E-state index contributed by atoms with van der Waals surface area (Å²) in [6.07, 6.45) is 0. The second-order valence-electron chi connectivity index (χ2n) is 16.9. The molecule has 9 aromatic carbocycles. The molecule has 0 unspecified atom stereocenters. The van der Waals surface area contributed by atoms with Gasteiger partial charge in [-0.15, -0.1) is 11.3 Å². The van der Waals surface area contributed by atoms with Gasteiger partial charge in [0.15, 0.2) is 0 Å². The molecule has 11 aromatic rings. The number of fused-ring (bicyclic) bond motifs is 5. The maximum absolute atomic E-state index is 5.20. The summed E-state index contributed by atoms with van der Waals surface area (Å²) in [4.78, 5) is 7.61. The number of aryl methyl sites for hydroxylation is 2. The Morgan fingerprint density at radius 2 is 1.05 bits per heavy atom. The molecule has 2 aromatic heterocycles. The molecule has 1 aliphatic carbocycles. The number of benzene rings is 9. The number of para-hydroxylation sites is 3. The highest BCUT2D eigenvalue weighted by Gasteiger charge is 2.46. The van der Waals surface area contributed by atoms with Crippen LogP contribution in [0.2, 0.25) is 0 Å². The van der Waals surface area contributed by atoms with Gasteiger partial charge >= 0.3 is 0 Å². The van der Waals surface area contributed by atoms with E-state index in [2.05, 4.69) is 247 Å². The van der Waals surface area contributed by atoms with Crippen molar-refractivity contribution in [3.63, 3.8) is 0 Å². The van der Waals surface area contributed by atoms with Crippen molar-refractivity contribution in [2.75, 3.05) is 4.90 Å². The van der Waals surface area contributed by atoms with Crippen molar-refractivity contribution in [1.82, 2.24) is 9.55 Å². The summed E-state index contributed by atoms with van der Waals surface area (Å²) in [5, 5.41) is 3.57. The number of aromatic nitrogens is 2. The minimum atomic E-state index is -0.529. The van der Waals surface area contributed by atoms with Crippen LogP contribution in [-0.2, 0) is 5.41 Å². The first-order valence-electron chi connectivity index (χ1n) is 21.9. The number of rotatable bonds is 8. The minimum absolute atomic E-state index is 0.529. The molecule has 0 radical (unpaired) electrons. The summed E-state index contributed by atoms with van der Waals surface area (Å²) in [5.41, 5.74) is 19.5. The molecule has 4 heteroatoms. The van der Waals surface area contributed by atoms with E-state index in [0.717, 1.165) is 45.2 Å². The van der Waals surface area contributed by atoms with Gasteiger partial charge in [-0.3, -0.25) is 4.57 Å². The SMILES string of the molecule is Cc1ccc(C2(c3ccc(C)cc3)c3ccccc3-c3ccc(N(c4ccc(-c5csc6ccccc56)cc4)c4ccc(-c5nc6ccccc6n5-c5ccccc5)cc4)cc32)cc1. The van der Waals surface area contributed by atoms with Crippen LogP contribution in [0.5, 0.6) is 0 Å². The first-order chi connectivity index (χ1) is 31.5. The smallest absolute Gasteiger partial charge is 0.145 e. The van der Waals surface area contributed by atoms with Crippen LogP contribution in [0, 0.1) is 13.8 Å². The van der Waals surface area contributed by atoms with E-state index in [4.69, 9.17) is 4.98 Å². The van der Waals surface area contributed by atoms with Crippen LogP contribution in [-0.4, -0.2) is 9.55 Å². The van der Waals surface area contributed by atoms with Gasteiger partial charge in [-0.2, -0.15) is 0 Å². The molecule has 1 aliphatic rings. The highest BCUT2D eigenvalue weighted by atomic mass is 32.1. The normalized spacial score (nSPS) is 12.7. The Morgan fingerprint density at radius 3 is 1.77 bits per heavy atom. The molecule has 0 N–H and O–H groups in total. The van der Waals surface area contributed by atoms with Gasteiger partial charge in [0.1, 0.15) is 5.82 Å². The van der Waals surface area contributed by atoms with Gasteiger partial charge in [0.2, 0.25) is 0 Å². The third-order valence-corrected chi connectivity index (χ3v) is 14.1. The van der Waals surface area contributed by atoms with Crippen molar-refractivity contribution in [1.29, 1.82) is 0 Å². The van der Waals surface area contributed by atoms with Crippen LogP contribution in [0.1, 0.15) is 33.4 Å². The molecule has 0 atom stereocenters. The Hall–Kier alpha value is -7.79. The second kappa shape index (κ2) is 15.2. The second-order valence-corrected chi connectivity index (χ2v) is 17.8.